The van der Waals surface area contributed by atoms with E-state index in [1.807, 2.05) is 11.3 Å². The average Bonchev–Trinajstić information content (AvgIpc) is 2.87. The SMILES string of the molecule is CCNC(=NCCc1ccc(I)s1)NC1CCC(O)CC1.I. The lowest BCUT2D eigenvalue weighted by Gasteiger charge is -2.27. The van der Waals surface area contributed by atoms with Crippen LogP contribution in [0.25, 0.3) is 0 Å². The molecule has 1 aliphatic carbocycles. The number of thiophene rings is 1. The van der Waals surface area contributed by atoms with Crippen molar-refractivity contribution in [1.82, 2.24) is 10.6 Å². The first-order valence-corrected chi connectivity index (χ1v) is 9.54. The zero-order chi connectivity index (χ0) is 15.1. The number of hydrogen-bond donors (Lipinski definition) is 3. The molecule has 0 spiro atoms. The standard InChI is InChI=1S/C15H24IN3OS.HI/c1-2-17-15(19-11-3-5-12(20)6-4-11)18-10-9-13-7-8-14(16)21-13;/h7-8,11-12,20H,2-6,9-10H2,1H3,(H2,17,18,19);1H. The molecule has 1 heterocycles. The van der Waals surface area contributed by atoms with Crippen LogP contribution < -0.4 is 10.6 Å². The number of guanidine groups is 1. The van der Waals surface area contributed by atoms with Crippen molar-refractivity contribution in [3.63, 3.8) is 0 Å². The number of nitrogens with one attached hydrogen (secondary N) is 2. The van der Waals surface area contributed by atoms with Gasteiger partial charge in [-0.25, -0.2) is 0 Å². The van der Waals surface area contributed by atoms with Gasteiger partial charge in [-0.05, 0) is 67.3 Å². The van der Waals surface area contributed by atoms with Crippen molar-refractivity contribution < 1.29 is 5.11 Å². The van der Waals surface area contributed by atoms with Gasteiger partial charge in [-0.2, -0.15) is 0 Å². The van der Waals surface area contributed by atoms with Crippen LogP contribution in [0.15, 0.2) is 17.1 Å². The number of halogens is 2. The minimum absolute atomic E-state index is 0. The first-order chi connectivity index (χ1) is 10.2. The molecule has 22 heavy (non-hydrogen) atoms. The lowest BCUT2D eigenvalue weighted by Crippen LogP contribution is -2.45. The molecular formula is C15H25I2N3OS. The number of aliphatic hydroxyl groups excluding tert-OH is 1. The van der Waals surface area contributed by atoms with Gasteiger partial charge in [-0.15, -0.1) is 35.3 Å². The molecule has 2 rings (SSSR count). The second-order valence-corrected chi connectivity index (χ2v) is 8.43. The van der Waals surface area contributed by atoms with Crippen LogP contribution in [0, 0.1) is 2.88 Å². The molecule has 0 radical (unpaired) electrons. The van der Waals surface area contributed by atoms with E-state index in [-0.39, 0.29) is 30.1 Å². The molecule has 3 N–H and O–H groups in total. The van der Waals surface area contributed by atoms with Crippen LogP contribution in [-0.4, -0.2) is 36.3 Å². The fourth-order valence-electron chi connectivity index (χ4n) is 2.50. The normalized spacial score (nSPS) is 22.0. The van der Waals surface area contributed by atoms with Crippen molar-refractivity contribution in [3.8, 4) is 0 Å². The molecule has 1 aliphatic rings. The van der Waals surface area contributed by atoms with Gasteiger partial charge in [0.05, 0.1) is 8.99 Å². The van der Waals surface area contributed by atoms with E-state index in [9.17, 15) is 5.11 Å². The Balaban J connectivity index is 0.00000242. The van der Waals surface area contributed by atoms with Gasteiger partial charge in [-0.1, -0.05) is 0 Å². The molecule has 1 aromatic rings. The van der Waals surface area contributed by atoms with Crippen molar-refractivity contribution in [3.05, 3.63) is 19.9 Å². The summed E-state index contributed by atoms with van der Waals surface area (Å²) in [6.07, 6.45) is 4.72. The highest BCUT2D eigenvalue weighted by Crippen LogP contribution is 2.19. The van der Waals surface area contributed by atoms with Gasteiger partial charge in [0.2, 0.25) is 0 Å². The molecule has 0 saturated heterocycles. The Bertz CT molecular complexity index is 459. The van der Waals surface area contributed by atoms with Gasteiger partial charge in [0.25, 0.3) is 0 Å². The summed E-state index contributed by atoms with van der Waals surface area (Å²) >= 11 is 4.19. The highest BCUT2D eigenvalue weighted by atomic mass is 127. The maximum atomic E-state index is 9.56. The number of rotatable bonds is 5. The monoisotopic (exact) mass is 549 g/mol. The summed E-state index contributed by atoms with van der Waals surface area (Å²) in [5.74, 6) is 0.908. The van der Waals surface area contributed by atoms with E-state index in [0.717, 1.165) is 51.2 Å². The summed E-state index contributed by atoms with van der Waals surface area (Å²) in [7, 11) is 0. The Morgan fingerprint density at radius 1 is 1.36 bits per heavy atom. The third-order valence-corrected chi connectivity index (χ3v) is 5.59. The Morgan fingerprint density at radius 2 is 2.09 bits per heavy atom. The average molecular weight is 549 g/mol. The third kappa shape index (κ3) is 7.31. The van der Waals surface area contributed by atoms with Crippen LogP contribution in [0.1, 0.15) is 37.5 Å². The Hall–Kier alpha value is 0.390. The molecule has 7 heteroatoms. The van der Waals surface area contributed by atoms with E-state index in [2.05, 4.69) is 57.3 Å². The van der Waals surface area contributed by atoms with E-state index in [0.29, 0.717) is 6.04 Å². The van der Waals surface area contributed by atoms with Crippen molar-refractivity contribution >= 4 is 63.9 Å². The summed E-state index contributed by atoms with van der Waals surface area (Å²) in [5, 5.41) is 16.4. The maximum absolute atomic E-state index is 9.56. The summed E-state index contributed by atoms with van der Waals surface area (Å²) in [4.78, 5) is 6.06. The quantitative estimate of drug-likeness (QED) is 0.300. The van der Waals surface area contributed by atoms with E-state index in [1.165, 1.54) is 7.76 Å². The number of aliphatic imine (C=N–C) groups is 1. The molecule has 0 aliphatic heterocycles. The minimum Gasteiger partial charge on any atom is -0.393 e. The first kappa shape index (κ1) is 20.4. The fraction of sp³-hybridized carbons (Fsp3) is 0.667. The zero-order valence-corrected chi connectivity index (χ0v) is 18.2. The summed E-state index contributed by atoms with van der Waals surface area (Å²) < 4.78 is 1.33. The van der Waals surface area contributed by atoms with Crippen molar-refractivity contribution in [2.45, 2.75) is 51.2 Å². The first-order valence-electron chi connectivity index (χ1n) is 7.64. The van der Waals surface area contributed by atoms with Crippen LogP contribution in [0.4, 0.5) is 0 Å². The van der Waals surface area contributed by atoms with Crippen LogP contribution in [0.2, 0.25) is 0 Å². The molecule has 0 aromatic carbocycles. The number of hydrogen-bond acceptors (Lipinski definition) is 3. The highest BCUT2D eigenvalue weighted by Gasteiger charge is 2.19. The zero-order valence-electron chi connectivity index (χ0n) is 12.8. The molecule has 0 amide bonds. The van der Waals surface area contributed by atoms with Crippen LogP contribution >= 0.6 is 57.9 Å². The van der Waals surface area contributed by atoms with Crippen molar-refractivity contribution in [2.75, 3.05) is 13.1 Å². The van der Waals surface area contributed by atoms with Crippen LogP contribution in [0.3, 0.4) is 0 Å². The summed E-state index contributed by atoms with van der Waals surface area (Å²) in [6, 6.07) is 4.78. The Morgan fingerprint density at radius 3 is 2.68 bits per heavy atom. The predicted octanol–water partition coefficient (Wildman–Crippen LogP) is 3.37. The van der Waals surface area contributed by atoms with Crippen molar-refractivity contribution in [2.24, 2.45) is 4.99 Å². The maximum Gasteiger partial charge on any atom is 0.191 e. The Labute approximate surface area is 167 Å². The second-order valence-electron chi connectivity index (χ2n) is 5.37. The fourth-order valence-corrected chi connectivity index (χ4v) is 4.24. The highest BCUT2D eigenvalue weighted by molar-refractivity contribution is 14.1. The molecular weight excluding hydrogens is 524 g/mol. The van der Waals surface area contributed by atoms with Gasteiger partial charge in [0.1, 0.15) is 0 Å². The molecule has 0 atom stereocenters. The summed E-state index contributed by atoms with van der Waals surface area (Å²) in [5.41, 5.74) is 0. The molecule has 1 saturated carbocycles. The predicted molar refractivity (Wildman–Crippen MR) is 114 cm³/mol. The topological polar surface area (TPSA) is 56.7 Å². The van der Waals surface area contributed by atoms with Gasteiger partial charge in [0, 0.05) is 30.4 Å². The lowest BCUT2D eigenvalue weighted by atomic mass is 9.93. The lowest BCUT2D eigenvalue weighted by molar-refractivity contribution is 0.120. The number of aliphatic hydroxyl groups is 1. The van der Waals surface area contributed by atoms with Gasteiger partial charge >= 0.3 is 0 Å². The largest absolute Gasteiger partial charge is 0.393 e. The molecule has 1 aromatic heterocycles. The third-order valence-electron chi connectivity index (χ3n) is 3.64. The van der Waals surface area contributed by atoms with Crippen molar-refractivity contribution in [1.29, 1.82) is 0 Å². The van der Waals surface area contributed by atoms with E-state index >= 15 is 0 Å². The Kier molecular flexibility index (Phi) is 10.2. The van der Waals surface area contributed by atoms with Gasteiger partial charge in [0.15, 0.2) is 5.96 Å². The minimum atomic E-state index is -0.108. The molecule has 126 valence electrons. The molecule has 1 fully saturated rings. The van der Waals surface area contributed by atoms with E-state index in [1.54, 1.807) is 0 Å². The molecule has 0 bridgehead atoms. The van der Waals surface area contributed by atoms with Gasteiger partial charge in [-0.3, -0.25) is 4.99 Å². The smallest absolute Gasteiger partial charge is 0.191 e. The van der Waals surface area contributed by atoms with Gasteiger partial charge < -0.3 is 15.7 Å². The second kappa shape index (κ2) is 11.0. The van der Waals surface area contributed by atoms with E-state index in [4.69, 9.17) is 0 Å². The molecule has 4 nitrogen and oxygen atoms in total. The van der Waals surface area contributed by atoms with Crippen LogP contribution in [0.5, 0.6) is 0 Å². The van der Waals surface area contributed by atoms with Crippen LogP contribution in [-0.2, 0) is 6.42 Å². The number of nitrogens with zero attached hydrogens (tertiary/aromatic N) is 1. The summed E-state index contributed by atoms with van der Waals surface area (Å²) in [6.45, 7) is 3.77. The van der Waals surface area contributed by atoms with E-state index < -0.39 is 0 Å². The molecule has 0 unspecified atom stereocenters.